The molecule has 0 fully saturated rings. The first-order valence-corrected chi connectivity index (χ1v) is 5.98. The van der Waals surface area contributed by atoms with Crippen LogP contribution in [0.15, 0.2) is 22.7 Å². The van der Waals surface area contributed by atoms with Crippen molar-refractivity contribution in [2.45, 2.75) is 13.8 Å². The lowest BCUT2D eigenvalue weighted by atomic mass is 10.1. The maximum Gasteiger partial charge on any atom is 0.308 e. The Balaban J connectivity index is 2.64. The van der Waals surface area contributed by atoms with E-state index < -0.39 is 11.9 Å². The fraction of sp³-hybridized carbons (Fsp3) is 0.333. The lowest BCUT2D eigenvalue weighted by Gasteiger charge is -2.09. The molecule has 1 aromatic rings. The highest BCUT2D eigenvalue weighted by atomic mass is 79.9. The van der Waals surface area contributed by atoms with E-state index in [1.165, 1.54) is 0 Å². The van der Waals surface area contributed by atoms with Gasteiger partial charge in [-0.25, -0.2) is 0 Å². The van der Waals surface area contributed by atoms with Gasteiger partial charge in [0.25, 0.3) is 5.91 Å². The molecule has 17 heavy (non-hydrogen) atoms. The number of rotatable bonds is 4. The van der Waals surface area contributed by atoms with Crippen molar-refractivity contribution in [2.24, 2.45) is 5.92 Å². The first-order chi connectivity index (χ1) is 7.91. The fourth-order valence-corrected chi connectivity index (χ4v) is 1.47. The van der Waals surface area contributed by atoms with Crippen LogP contribution in [0.3, 0.4) is 0 Å². The van der Waals surface area contributed by atoms with E-state index in [2.05, 4.69) is 21.2 Å². The highest BCUT2D eigenvalue weighted by Crippen LogP contribution is 2.16. The van der Waals surface area contributed by atoms with E-state index in [1.807, 2.05) is 6.92 Å². The minimum absolute atomic E-state index is 0.128. The van der Waals surface area contributed by atoms with Gasteiger partial charge >= 0.3 is 5.97 Å². The summed E-state index contributed by atoms with van der Waals surface area (Å²) in [4.78, 5) is 22.3. The molecule has 1 amide bonds. The molecule has 0 saturated heterocycles. The summed E-state index contributed by atoms with van der Waals surface area (Å²) in [6.45, 7) is 3.57. The lowest BCUT2D eigenvalue weighted by Crippen LogP contribution is -2.31. The molecule has 0 spiro atoms. The van der Waals surface area contributed by atoms with Gasteiger partial charge in [-0.3, -0.25) is 9.59 Å². The molecule has 4 nitrogen and oxygen atoms in total. The van der Waals surface area contributed by atoms with Gasteiger partial charge in [0.15, 0.2) is 0 Å². The Bertz CT molecular complexity index is 445. The topological polar surface area (TPSA) is 66.4 Å². The fourth-order valence-electron chi connectivity index (χ4n) is 1.22. The predicted octanol–water partition coefficient (Wildman–Crippen LogP) is 2.21. The number of halogens is 1. The highest BCUT2D eigenvalue weighted by Gasteiger charge is 2.13. The van der Waals surface area contributed by atoms with Gasteiger partial charge in [-0.15, -0.1) is 0 Å². The number of aryl methyl sites for hydroxylation is 1. The number of hydrogen-bond acceptors (Lipinski definition) is 2. The Labute approximate surface area is 108 Å². The van der Waals surface area contributed by atoms with E-state index in [1.54, 1.807) is 25.1 Å². The molecule has 0 radical (unpaired) electrons. The van der Waals surface area contributed by atoms with E-state index >= 15 is 0 Å². The number of carbonyl (C=O) groups excluding carboxylic acids is 1. The summed E-state index contributed by atoms with van der Waals surface area (Å²) in [5, 5.41) is 11.3. The third-order valence-corrected chi connectivity index (χ3v) is 3.30. The van der Waals surface area contributed by atoms with E-state index in [0.29, 0.717) is 5.56 Å². The summed E-state index contributed by atoms with van der Waals surface area (Å²) in [6.07, 6.45) is 0. The molecule has 0 aliphatic carbocycles. The molecular weight excluding hydrogens is 286 g/mol. The number of benzene rings is 1. The van der Waals surface area contributed by atoms with Crippen LogP contribution in [-0.4, -0.2) is 23.5 Å². The van der Waals surface area contributed by atoms with Crippen LogP contribution in [0.1, 0.15) is 22.8 Å². The number of carbonyl (C=O) groups is 2. The molecule has 92 valence electrons. The molecular formula is C12H14BrNO3. The van der Waals surface area contributed by atoms with Crippen molar-refractivity contribution in [3.63, 3.8) is 0 Å². The molecule has 0 aliphatic heterocycles. The molecule has 1 unspecified atom stereocenters. The molecule has 2 N–H and O–H groups in total. The maximum absolute atomic E-state index is 11.7. The van der Waals surface area contributed by atoms with Crippen molar-refractivity contribution < 1.29 is 14.7 Å². The monoisotopic (exact) mass is 299 g/mol. The van der Waals surface area contributed by atoms with Crippen LogP contribution in [-0.2, 0) is 4.79 Å². The number of carboxylic acid groups (broad SMARTS) is 1. The molecule has 0 saturated carbocycles. The molecule has 1 rings (SSSR count). The second-order valence-corrected chi connectivity index (χ2v) is 4.77. The average molecular weight is 300 g/mol. The maximum atomic E-state index is 11.7. The van der Waals surface area contributed by atoms with Gasteiger partial charge in [0.1, 0.15) is 0 Å². The average Bonchev–Trinajstić information content (AvgIpc) is 2.28. The molecule has 1 atom stereocenters. The highest BCUT2D eigenvalue weighted by molar-refractivity contribution is 9.10. The van der Waals surface area contributed by atoms with Crippen molar-refractivity contribution in [1.29, 1.82) is 0 Å². The zero-order valence-corrected chi connectivity index (χ0v) is 11.2. The Morgan fingerprint density at radius 2 is 2.12 bits per heavy atom. The van der Waals surface area contributed by atoms with Crippen LogP contribution in [0, 0.1) is 12.8 Å². The van der Waals surface area contributed by atoms with Crippen LogP contribution < -0.4 is 5.32 Å². The Morgan fingerprint density at radius 1 is 1.47 bits per heavy atom. The lowest BCUT2D eigenvalue weighted by molar-refractivity contribution is -0.140. The number of hydrogen-bond donors (Lipinski definition) is 2. The summed E-state index contributed by atoms with van der Waals surface area (Å²) < 4.78 is 0.938. The first kappa shape index (κ1) is 13.7. The third kappa shape index (κ3) is 3.85. The largest absolute Gasteiger partial charge is 0.481 e. The predicted molar refractivity (Wildman–Crippen MR) is 68.0 cm³/mol. The molecule has 0 aliphatic rings. The quantitative estimate of drug-likeness (QED) is 0.896. The summed E-state index contributed by atoms with van der Waals surface area (Å²) in [6, 6.07) is 5.24. The minimum Gasteiger partial charge on any atom is -0.481 e. The molecule has 0 bridgehead atoms. The van der Waals surface area contributed by atoms with Crippen molar-refractivity contribution >= 4 is 27.8 Å². The van der Waals surface area contributed by atoms with Crippen LogP contribution in [0.2, 0.25) is 0 Å². The van der Waals surface area contributed by atoms with Crippen LogP contribution in [0.4, 0.5) is 0 Å². The molecule has 1 aromatic carbocycles. The Hall–Kier alpha value is -1.36. The molecule has 0 aromatic heterocycles. The van der Waals surface area contributed by atoms with Gasteiger partial charge in [-0.05, 0) is 30.7 Å². The van der Waals surface area contributed by atoms with E-state index in [-0.39, 0.29) is 12.5 Å². The van der Waals surface area contributed by atoms with Gasteiger partial charge in [0, 0.05) is 16.6 Å². The number of amides is 1. The standard InChI is InChI=1S/C12H14BrNO3/c1-7-5-9(3-4-10(7)13)11(15)14-6-8(2)12(16)17/h3-5,8H,6H2,1-2H3,(H,14,15)(H,16,17). The van der Waals surface area contributed by atoms with Crippen molar-refractivity contribution in [3.05, 3.63) is 33.8 Å². The second kappa shape index (κ2) is 5.82. The molecule has 5 heteroatoms. The smallest absolute Gasteiger partial charge is 0.308 e. The summed E-state index contributed by atoms with van der Waals surface area (Å²) in [5.74, 6) is -1.76. The van der Waals surface area contributed by atoms with E-state index in [0.717, 1.165) is 10.0 Å². The van der Waals surface area contributed by atoms with E-state index in [9.17, 15) is 9.59 Å². The summed E-state index contributed by atoms with van der Waals surface area (Å²) >= 11 is 3.35. The molecule has 0 heterocycles. The number of aliphatic carboxylic acids is 1. The summed E-state index contributed by atoms with van der Waals surface area (Å²) in [5.41, 5.74) is 1.49. The van der Waals surface area contributed by atoms with E-state index in [4.69, 9.17) is 5.11 Å². The van der Waals surface area contributed by atoms with Crippen LogP contribution in [0.25, 0.3) is 0 Å². The van der Waals surface area contributed by atoms with Crippen molar-refractivity contribution in [1.82, 2.24) is 5.32 Å². The van der Waals surface area contributed by atoms with Gasteiger partial charge in [-0.1, -0.05) is 22.9 Å². The first-order valence-electron chi connectivity index (χ1n) is 5.19. The zero-order chi connectivity index (χ0) is 13.0. The number of carboxylic acids is 1. The normalized spacial score (nSPS) is 11.9. The van der Waals surface area contributed by atoms with Gasteiger partial charge < -0.3 is 10.4 Å². The van der Waals surface area contributed by atoms with Gasteiger partial charge in [0.2, 0.25) is 0 Å². The SMILES string of the molecule is Cc1cc(C(=O)NCC(C)C(=O)O)ccc1Br. The van der Waals surface area contributed by atoms with Gasteiger partial charge in [0.05, 0.1) is 5.92 Å². The van der Waals surface area contributed by atoms with Crippen molar-refractivity contribution in [2.75, 3.05) is 6.54 Å². The number of nitrogens with one attached hydrogen (secondary N) is 1. The second-order valence-electron chi connectivity index (χ2n) is 3.91. The Morgan fingerprint density at radius 3 is 2.65 bits per heavy atom. The van der Waals surface area contributed by atoms with Gasteiger partial charge in [-0.2, -0.15) is 0 Å². The minimum atomic E-state index is -0.919. The Kier molecular flexibility index (Phi) is 4.69. The third-order valence-electron chi connectivity index (χ3n) is 2.41. The van der Waals surface area contributed by atoms with Crippen LogP contribution in [0.5, 0.6) is 0 Å². The summed E-state index contributed by atoms with van der Waals surface area (Å²) in [7, 11) is 0. The van der Waals surface area contributed by atoms with Crippen LogP contribution >= 0.6 is 15.9 Å². The zero-order valence-electron chi connectivity index (χ0n) is 9.66. The van der Waals surface area contributed by atoms with Crippen molar-refractivity contribution in [3.8, 4) is 0 Å².